The van der Waals surface area contributed by atoms with Crippen LogP contribution in [0.25, 0.3) is 16.9 Å². The second kappa shape index (κ2) is 6.62. The first kappa shape index (κ1) is 15.2. The van der Waals surface area contributed by atoms with E-state index in [0.29, 0.717) is 23.0 Å². The number of carbonyl (C=O) groups excluding carboxylic acids is 1. The number of rotatable bonds is 4. The van der Waals surface area contributed by atoms with Gasteiger partial charge in [0.1, 0.15) is 0 Å². The van der Waals surface area contributed by atoms with Crippen LogP contribution >= 0.6 is 11.6 Å². The molecule has 0 spiro atoms. The van der Waals surface area contributed by atoms with Gasteiger partial charge in [0.25, 0.3) is 0 Å². The van der Waals surface area contributed by atoms with E-state index < -0.39 is 5.97 Å². The molecule has 23 heavy (non-hydrogen) atoms. The molecule has 0 unspecified atom stereocenters. The number of para-hydroxylation sites is 1. The zero-order valence-corrected chi connectivity index (χ0v) is 13.2. The van der Waals surface area contributed by atoms with Gasteiger partial charge in [-0.05, 0) is 31.2 Å². The lowest BCUT2D eigenvalue weighted by Gasteiger charge is -2.06. The molecule has 0 saturated heterocycles. The normalized spacial score (nSPS) is 10.5. The second-order valence-corrected chi connectivity index (χ2v) is 5.21. The van der Waals surface area contributed by atoms with Crippen molar-refractivity contribution >= 4 is 17.6 Å². The topological polar surface area (TPSA) is 57.0 Å². The van der Waals surface area contributed by atoms with Gasteiger partial charge in [0.05, 0.1) is 23.0 Å². The molecule has 0 bridgehead atoms. The standard InChI is InChI=1S/C17H14ClN3O2/c1-2-23-17(22)16-9-15(12-8-13(18)11-19-10-12)20-21(16)14-6-4-3-5-7-14/h3-11H,2H2,1H3. The minimum Gasteiger partial charge on any atom is -0.461 e. The third-order valence-corrected chi connectivity index (χ3v) is 3.40. The number of nitrogens with zero attached hydrogens (tertiary/aromatic N) is 3. The molecule has 0 radical (unpaired) electrons. The van der Waals surface area contributed by atoms with Crippen molar-refractivity contribution in [2.24, 2.45) is 0 Å². The summed E-state index contributed by atoms with van der Waals surface area (Å²) < 4.78 is 6.69. The summed E-state index contributed by atoms with van der Waals surface area (Å²) in [7, 11) is 0. The van der Waals surface area contributed by atoms with Crippen molar-refractivity contribution in [3.63, 3.8) is 0 Å². The summed E-state index contributed by atoms with van der Waals surface area (Å²) in [6, 6.07) is 12.8. The first-order chi connectivity index (χ1) is 11.2. The summed E-state index contributed by atoms with van der Waals surface area (Å²) in [5, 5.41) is 5.02. The molecule has 2 aromatic heterocycles. The first-order valence-corrected chi connectivity index (χ1v) is 7.50. The van der Waals surface area contributed by atoms with Crippen molar-refractivity contribution in [3.8, 4) is 16.9 Å². The lowest BCUT2D eigenvalue weighted by atomic mass is 10.2. The Bertz CT molecular complexity index is 831. The number of carbonyl (C=O) groups is 1. The Balaban J connectivity index is 2.12. The minimum atomic E-state index is -0.426. The van der Waals surface area contributed by atoms with Crippen molar-refractivity contribution in [1.82, 2.24) is 14.8 Å². The molecule has 0 fully saturated rings. The van der Waals surface area contributed by atoms with Gasteiger partial charge in [-0.1, -0.05) is 29.8 Å². The predicted molar refractivity (Wildman–Crippen MR) is 87.8 cm³/mol. The van der Waals surface area contributed by atoms with E-state index in [1.165, 1.54) is 0 Å². The van der Waals surface area contributed by atoms with E-state index >= 15 is 0 Å². The molecule has 0 saturated carbocycles. The molecule has 116 valence electrons. The molecule has 1 aromatic carbocycles. The van der Waals surface area contributed by atoms with Crippen molar-refractivity contribution in [2.75, 3.05) is 6.61 Å². The van der Waals surface area contributed by atoms with Gasteiger partial charge in [-0.3, -0.25) is 4.98 Å². The van der Waals surface area contributed by atoms with E-state index in [4.69, 9.17) is 16.3 Å². The number of esters is 1. The third kappa shape index (κ3) is 3.24. The van der Waals surface area contributed by atoms with Crippen molar-refractivity contribution in [1.29, 1.82) is 0 Å². The first-order valence-electron chi connectivity index (χ1n) is 7.12. The average molecular weight is 328 g/mol. The Morgan fingerprint density at radius 3 is 2.70 bits per heavy atom. The minimum absolute atomic E-state index is 0.298. The number of hydrogen-bond acceptors (Lipinski definition) is 4. The highest BCUT2D eigenvalue weighted by Crippen LogP contribution is 2.23. The van der Waals surface area contributed by atoms with Crippen LogP contribution < -0.4 is 0 Å². The Hall–Kier alpha value is -2.66. The van der Waals surface area contributed by atoms with Crippen LogP contribution in [-0.4, -0.2) is 27.3 Å². The number of ether oxygens (including phenoxy) is 1. The zero-order valence-electron chi connectivity index (χ0n) is 12.4. The van der Waals surface area contributed by atoms with Gasteiger partial charge in [0, 0.05) is 18.0 Å². The van der Waals surface area contributed by atoms with Crippen LogP contribution in [0.2, 0.25) is 5.02 Å². The highest BCUT2D eigenvalue weighted by molar-refractivity contribution is 6.30. The SMILES string of the molecule is CCOC(=O)c1cc(-c2cncc(Cl)c2)nn1-c1ccccc1. The van der Waals surface area contributed by atoms with Gasteiger partial charge in [0.2, 0.25) is 0 Å². The van der Waals surface area contributed by atoms with Crippen LogP contribution in [0, 0.1) is 0 Å². The van der Waals surface area contributed by atoms with Crippen LogP contribution in [0.1, 0.15) is 17.4 Å². The van der Waals surface area contributed by atoms with Crippen LogP contribution in [0.5, 0.6) is 0 Å². The summed E-state index contributed by atoms with van der Waals surface area (Å²) >= 11 is 5.98. The van der Waals surface area contributed by atoms with Gasteiger partial charge < -0.3 is 4.74 Å². The lowest BCUT2D eigenvalue weighted by Crippen LogP contribution is -2.11. The number of hydrogen-bond donors (Lipinski definition) is 0. The molecule has 0 aliphatic heterocycles. The van der Waals surface area contributed by atoms with E-state index in [-0.39, 0.29) is 0 Å². The van der Waals surface area contributed by atoms with E-state index in [1.54, 1.807) is 36.1 Å². The average Bonchev–Trinajstić information content (AvgIpc) is 3.01. The van der Waals surface area contributed by atoms with Gasteiger partial charge in [-0.25, -0.2) is 9.48 Å². The molecule has 6 heteroatoms. The van der Waals surface area contributed by atoms with Crippen LogP contribution in [0.4, 0.5) is 0 Å². The largest absolute Gasteiger partial charge is 0.461 e. The van der Waals surface area contributed by atoms with E-state index in [0.717, 1.165) is 11.3 Å². The fourth-order valence-electron chi connectivity index (χ4n) is 2.19. The van der Waals surface area contributed by atoms with E-state index in [2.05, 4.69) is 10.1 Å². The molecule has 5 nitrogen and oxygen atoms in total. The molecule has 3 rings (SSSR count). The molecular weight excluding hydrogens is 314 g/mol. The molecular formula is C17H14ClN3O2. The molecule has 0 aliphatic carbocycles. The van der Waals surface area contributed by atoms with Gasteiger partial charge in [-0.2, -0.15) is 5.10 Å². The molecule has 2 heterocycles. The fourth-order valence-corrected chi connectivity index (χ4v) is 2.36. The summed E-state index contributed by atoms with van der Waals surface area (Å²) in [5.74, 6) is -0.426. The maximum atomic E-state index is 12.2. The summed E-state index contributed by atoms with van der Waals surface area (Å²) in [6.45, 7) is 2.07. The van der Waals surface area contributed by atoms with Crippen molar-refractivity contribution < 1.29 is 9.53 Å². The van der Waals surface area contributed by atoms with Crippen LogP contribution in [0.3, 0.4) is 0 Å². The van der Waals surface area contributed by atoms with E-state index in [1.807, 2.05) is 30.3 Å². The summed E-state index contributed by atoms with van der Waals surface area (Å²) in [6.07, 6.45) is 3.20. The quantitative estimate of drug-likeness (QED) is 0.684. The van der Waals surface area contributed by atoms with Crippen molar-refractivity contribution in [2.45, 2.75) is 6.92 Å². The Morgan fingerprint density at radius 2 is 2.00 bits per heavy atom. The summed E-state index contributed by atoms with van der Waals surface area (Å²) in [5.41, 5.74) is 2.47. The molecule has 0 atom stereocenters. The highest BCUT2D eigenvalue weighted by atomic mass is 35.5. The molecule has 3 aromatic rings. The monoisotopic (exact) mass is 327 g/mol. The smallest absolute Gasteiger partial charge is 0.357 e. The summed E-state index contributed by atoms with van der Waals surface area (Å²) in [4.78, 5) is 16.3. The van der Waals surface area contributed by atoms with Crippen LogP contribution in [0.15, 0.2) is 54.9 Å². The third-order valence-electron chi connectivity index (χ3n) is 3.20. The van der Waals surface area contributed by atoms with Gasteiger partial charge >= 0.3 is 5.97 Å². The van der Waals surface area contributed by atoms with Gasteiger partial charge in [-0.15, -0.1) is 0 Å². The Kier molecular flexibility index (Phi) is 4.39. The molecule has 0 N–H and O–H groups in total. The van der Waals surface area contributed by atoms with Crippen LogP contribution in [-0.2, 0) is 4.74 Å². The Labute approximate surface area is 138 Å². The second-order valence-electron chi connectivity index (χ2n) is 4.77. The number of halogens is 1. The maximum Gasteiger partial charge on any atom is 0.357 e. The zero-order chi connectivity index (χ0) is 16.2. The fraction of sp³-hybridized carbons (Fsp3) is 0.118. The number of aromatic nitrogens is 3. The predicted octanol–water partition coefficient (Wildman–Crippen LogP) is 3.76. The molecule has 0 amide bonds. The number of pyridine rings is 1. The maximum absolute atomic E-state index is 12.2. The van der Waals surface area contributed by atoms with Gasteiger partial charge in [0.15, 0.2) is 5.69 Å². The number of benzene rings is 1. The highest BCUT2D eigenvalue weighted by Gasteiger charge is 2.18. The lowest BCUT2D eigenvalue weighted by molar-refractivity contribution is 0.0516. The Morgan fingerprint density at radius 1 is 1.22 bits per heavy atom. The van der Waals surface area contributed by atoms with Crippen molar-refractivity contribution in [3.05, 3.63) is 65.6 Å². The molecule has 0 aliphatic rings. The van der Waals surface area contributed by atoms with E-state index in [9.17, 15) is 4.79 Å².